The van der Waals surface area contributed by atoms with Crippen LogP contribution in [0.3, 0.4) is 0 Å². The van der Waals surface area contributed by atoms with Crippen molar-refractivity contribution in [1.29, 1.82) is 0 Å². The van der Waals surface area contributed by atoms with Crippen molar-refractivity contribution in [2.45, 2.75) is 44.9 Å². The number of amides is 1. The second-order valence-electron chi connectivity index (χ2n) is 7.22. The molecule has 3 N–H and O–H groups in total. The van der Waals surface area contributed by atoms with E-state index >= 15 is 0 Å². The van der Waals surface area contributed by atoms with E-state index < -0.39 is 10.0 Å². The number of nitrogens with one attached hydrogen (secondary N) is 3. The van der Waals surface area contributed by atoms with E-state index in [1.807, 2.05) is 20.8 Å². The van der Waals surface area contributed by atoms with Crippen molar-refractivity contribution in [1.82, 2.24) is 20.3 Å². The molecule has 2 rings (SSSR count). The predicted octanol–water partition coefficient (Wildman–Crippen LogP) is 1.46. The van der Waals surface area contributed by atoms with E-state index in [4.69, 9.17) is 0 Å². The topological polar surface area (TPSA) is 103 Å². The number of guanidine groups is 1. The molecule has 29 heavy (non-hydrogen) atoms. The highest BCUT2D eigenvalue weighted by molar-refractivity contribution is 7.89. The van der Waals surface area contributed by atoms with E-state index in [-0.39, 0.29) is 12.5 Å². The summed E-state index contributed by atoms with van der Waals surface area (Å²) in [5, 5.41) is 5.97. The molecule has 1 aliphatic heterocycles. The van der Waals surface area contributed by atoms with Crippen LogP contribution in [0.15, 0.2) is 16.0 Å². The average molecular weight is 444 g/mol. The first-order chi connectivity index (χ1) is 13.8. The minimum atomic E-state index is -3.51. The summed E-state index contributed by atoms with van der Waals surface area (Å²) in [6.45, 7) is 8.77. The monoisotopic (exact) mass is 443 g/mol. The Balaban J connectivity index is 1.88. The van der Waals surface area contributed by atoms with Gasteiger partial charge in [-0.3, -0.25) is 9.79 Å². The van der Waals surface area contributed by atoms with Gasteiger partial charge in [0.1, 0.15) is 0 Å². The summed E-state index contributed by atoms with van der Waals surface area (Å²) in [7, 11) is -1.84. The van der Waals surface area contributed by atoms with Crippen molar-refractivity contribution in [3.63, 3.8) is 0 Å². The zero-order valence-corrected chi connectivity index (χ0v) is 19.4. The molecule has 2 heterocycles. The molecule has 0 bridgehead atoms. The number of piperidine rings is 1. The summed E-state index contributed by atoms with van der Waals surface area (Å²) in [6, 6.07) is 1.71. The molecule has 0 aliphatic carbocycles. The fraction of sp³-hybridized carbons (Fsp3) is 0.684. The molecular formula is C19H33N5O3S2. The van der Waals surface area contributed by atoms with Crippen LogP contribution in [-0.2, 0) is 14.8 Å². The van der Waals surface area contributed by atoms with Crippen LogP contribution in [0.25, 0.3) is 0 Å². The molecule has 1 fully saturated rings. The molecule has 1 aromatic heterocycles. The van der Waals surface area contributed by atoms with Gasteiger partial charge < -0.3 is 15.5 Å². The number of nitrogens with zero attached hydrogens (tertiary/aromatic N) is 2. The Bertz CT molecular complexity index is 812. The molecular weight excluding hydrogens is 410 g/mol. The maximum atomic E-state index is 12.5. The van der Waals surface area contributed by atoms with E-state index in [9.17, 15) is 13.2 Å². The molecule has 1 aliphatic rings. The summed E-state index contributed by atoms with van der Waals surface area (Å²) < 4.78 is 27.6. The normalized spacial score (nSPS) is 16.1. The van der Waals surface area contributed by atoms with Crippen molar-refractivity contribution in [2.75, 3.05) is 39.8 Å². The highest BCUT2D eigenvalue weighted by Gasteiger charge is 2.23. The third kappa shape index (κ3) is 6.97. The van der Waals surface area contributed by atoms with Crippen molar-refractivity contribution in [3.05, 3.63) is 15.8 Å². The summed E-state index contributed by atoms with van der Waals surface area (Å²) in [6.07, 6.45) is 2.46. The first-order valence-electron chi connectivity index (χ1n) is 10.1. The van der Waals surface area contributed by atoms with Gasteiger partial charge in [0, 0.05) is 49.4 Å². The van der Waals surface area contributed by atoms with Crippen molar-refractivity contribution < 1.29 is 13.2 Å². The van der Waals surface area contributed by atoms with Gasteiger partial charge in [0.05, 0.1) is 11.4 Å². The van der Waals surface area contributed by atoms with Crippen LogP contribution >= 0.6 is 11.3 Å². The van der Waals surface area contributed by atoms with Crippen LogP contribution in [0.4, 0.5) is 0 Å². The van der Waals surface area contributed by atoms with E-state index in [0.29, 0.717) is 23.8 Å². The largest absolute Gasteiger partial charge is 0.359 e. The van der Waals surface area contributed by atoms with Crippen LogP contribution in [0.1, 0.15) is 35.9 Å². The number of sulfonamides is 1. The van der Waals surface area contributed by atoms with Crippen molar-refractivity contribution in [3.8, 4) is 0 Å². The van der Waals surface area contributed by atoms with Crippen LogP contribution in [0.5, 0.6) is 0 Å². The Morgan fingerprint density at radius 3 is 2.55 bits per heavy atom. The number of likely N-dealkylation sites (tertiary alicyclic amines) is 1. The lowest BCUT2D eigenvalue weighted by molar-refractivity contribution is -0.121. The first kappa shape index (κ1) is 23.6. The lowest BCUT2D eigenvalue weighted by Gasteiger charge is -2.34. The zero-order valence-electron chi connectivity index (χ0n) is 17.7. The second kappa shape index (κ2) is 10.9. The fourth-order valence-electron chi connectivity index (χ4n) is 3.43. The SMILES string of the molecule is CCNC(=NCCNS(=O)(=O)c1cc(C)sc1C)N1CCC(CC(=O)NC)CC1. The highest BCUT2D eigenvalue weighted by Crippen LogP contribution is 2.24. The van der Waals surface area contributed by atoms with Gasteiger partial charge in [-0.1, -0.05) is 0 Å². The minimum Gasteiger partial charge on any atom is -0.359 e. The molecule has 10 heteroatoms. The smallest absolute Gasteiger partial charge is 0.241 e. The Morgan fingerprint density at radius 1 is 1.31 bits per heavy atom. The van der Waals surface area contributed by atoms with Crippen molar-refractivity contribution in [2.24, 2.45) is 10.9 Å². The van der Waals surface area contributed by atoms with Gasteiger partial charge in [-0.05, 0) is 45.6 Å². The Labute approximate surface area is 178 Å². The van der Waals surface area contributed by atoms with Gasteiger partial charge >= 0.3 is 0 Å². The number of carbonyl (C=O) groups is 1. The summed E-state index contributed by atoms with van der Waals surface area (Å²) in [4.78, 5) is 20.5. The number of rotatable bonds is 8. The molecule has 0 aromatic carbocycles. The van der Waals surface area contributed by atoms with E-state index in [1.165, 1.54) is 11.3 Å². The van der Waals surface area contributed by atoms with Gasteiger partial charge in [0.15, 0.2) is 5.96 Å². The van der Waals surface area contributed by atoms with Gasteiger partial charge in [-0.25, -0.2) is 13.1 Å². The maximum absolute atomic E-state index is 12.5. The lowest BCUT2D eigenvalue weighted by Crippen LogP contribution is -2.46. The van der Waals surface area contributed by atoms with Gasteiger partial charge in [0.25, 0.3) is 0 Å². The Morgan fingerprint density at radius 2 is 2.00 bits per heavy atom. The van der Waals surface area contributed by atoms with Gasteiger partial charge in [-0.15, -0.1) is 11.3 Å². The zero-order chi connectivity index (χ0) is 21.4. The third-order valence-corrected chi connectivity index (χ3v) is 7.63. The molecule has 0 spiro atoms. The standard InChI is InChI=1S/C19H33N5O3S2/c1-5-21-19(24-10-6-16(7-11-24)13-18(25)20-4)22-8-9-23-29(26,27)17-12-14(2)28-15(17)3/h12,16,23H,5-11,13H2,1-4H3,(H,20,25)(H,21,22). The molecule has 8 nitrogen and oxygen atoms in total. The first-order valence-corrected chi connectivity index (χ1v) is 12.4. The van der Waals surface area contributed by atoms with Gasteiger partial charge in [-0.2, -0.15) is 0 Å². The Kier molecular flexibility index (Phi) is 8.91. The van der Waals surface area contributed by atoms with Crippen molar-refractivity contribution >= 4 is 33.2 Å². The molecule has 0 unspecified atom stereocenters. The number of aliphatic imine (C=N–C) groups is 1. The third-order valence-electron chi connectivity index (χ3n) is 4.95. The minimum absolute atomic E-state index is 0.0901. The van der Waals surface area contributed by atoms with Crippen LogP contribution in [0.2, 0.25) is 0 Å². The molecule has 1 aromatic rings. The second-order valence-corrected chi connectivity index (χ2v) is 10.4. The predicted molar refractivity (Wildman–Crippen MR) is 118 cm³/mol. The number of carbonyl (C=O) groups excluding carboxylic acids is 1. The van der Waals surface area contributed by atoms with Crippen LogP contribution in [-0.4, -0.2) is 65.0 Å². The quantitative estimate of drug-likeness (QED) is 0.321. The van der Waals surface area contributed by atoms with Gasteiger partial charge in [0.2, 0.25) is 15.9 Å². The van der Waals surface area contributed by atoms with Crippen LogP contribution < -0.4 is 15.4 Å². The maximum Gasteiger partial charge on any atom is 0.241 e. The average Bonchev–Trinajstić information content (AvgIpc) is 3.04. The molecule has 0 radical (unpaired) electrons. The molecule has 1 amide bonds. The molecule has 164 valence electrons. The highest BCUT2D eigenvalue weighted by atomic mass is 32.2. The lowest BCUT2D eigenvalue weighted by atomic mass is 9.93. The van der Waals surface area contributed by atoms with Crippen LogP contribution in [0, 0.1) is 19.8 Å². The summed E-state index contributed by atoms with van der Waals surface area (Å²) >= 11 is 1.48. The number of hydrogen-bond acceptors (Lipinski definition) is 5. The molecule has 0 atom stereocenters. The Hall–Kier alpha value is -1.65. The molecule has 1 saturated heterocycles. The molecule has 0 saturated carbocycles. The van der Waals surface area contributed by atoms with E-state index in [1.54, 1.807) is 13.1 Å². The number of thiophene rings is 1. The van der Waals surface area contributed by atoms with E-state index in [2.05, 4.69) is 25.2 Å². The number of hydrogen-bond donors (Lipinski definition) is 3. The summed E-state index contributed by atoms with van der Waals surface area (Å²) in [5.41, 5.74) is 0. The number of aryl methyl sites for hydroxylation is 2. The summed E-state index contributed by atoms with van der Waals surface area (Å²) in [5.74, 6) is 1.29. The fourth-order valence-corrected chi connectivity index (χ4v) is 6.01. The van der Waals surface area contributed by atoms with E-state index in [0.717, 1.165) is 48.2 Å².